The van der Waals surface area contributed by atoms with E-state index in [2.05, 4.69) is 22.0 Å². The molecule has 1 aromatic heterocycles. The molecule has 1 saturated carbocycles. The van der Waals surface area contributed by atoms with Gasteiger partial charge in [-0.2, -0.15) is 13.2 Å². The van der Waals surface area contributed by atoms with Gasteiger partial charge in [-0.3, -0.25) is 0 Å². The molecule has 2 heterocycles. The van der Waals surface area contributed by atoms with Crippen molar-refractivity contribution in [3.63, 3.8) is 0 Å². The topological polar surface area (TPSA) is 50.3 Å². The molecule has 0 radical (unpaired) electrons. The van der Waals surface area contributed by atoms with E-state index in [1.54, 1.807) is 24.3 Å². The van der Waals surface area contributed by atoms with Crippen LogP contribution in [0.4, 0.5) is 13.2 Å². The highest BCUT2D eigenvalue weighted by Gasteiger charge is 2.47. The first kappa shape index (κ1) is 19.2. The van der Waals surface area contributed by atoms with Crippen LogP contribution in [0, 0.1) is 5.92 Å². The van der Waals surface area contributed by atoms with E-state index < -0.39 is 11.7 Å². The van der Waals surface area contributed by atoms with Gasteiger partial charge in [0.1, 0.15) is 11.3 Å². The highest BCUT2D eigenvalue weighted by molar-refractivity contribution is 6.02. The number of imidazole rings is 1. The summed E-state index contributed by atoms with van der Waals surface area (Å²) in [7, 11) is 0. The largest absolute Gasteiger partial charge is 0.417 e. The van der Waals surface area contributed by atoms with Crippen LogP contribution in [0.25, 0.3) is 22.2 Å². The molecular formula is C23H22F3N3O. The fraction of sp³-hybridized carbons (Fsp3) is 0.391. The van der Waals surface area contributed by atoms with E-state index in [-0.39, 0.29) is 17.1 Å². The van der Waals surface area contributed by atoms with E-state index in [1.165, 1.54) is 18.6 Å². The van der Waals surface area contributed by atoms with Crippen molar-refractivity contribution >= 4 is 16.7 Å². The average Bonchev–Trinajstić information content (AvgIpc) is 3.29. The first-order valence-electron chi connectivity index (χ1n) is 10.3. The first-order chi connectivity index (χ1) is 14.4. The number of alkyl halides is 3. The summed E-state index contributed by atoms with van der Waals surface area (Å²) in [5.74, 6) is 0.741. The van der Waals surface area contributed by atoms with E-state index >= 15 is 0 Å². The predicted molar refractivity (Wildman–Crippen MR) is 109 cm³/mol. The Morgan fingerprint density at radius 2 is 1.83 bits per heavy atom. The molecule has 7 heteroatoms. The number of H-pyrrole nitrogens is 1. The molecule has 1 unspecified atom stereocenters. The molecule has 0 amide bonds. The zero-order chi connectivity index (χ0) is 20.9. The second-order valence-corrected chi connectivity index (χ2v) is 8.28. The van der Waals surface area contributed by atoms with Crippen molar-refractivity contribution in [1.82, 2.24) is 9.97 Å². The van der Waals surface area contributed by atoms with Crippen molar-refractivity contribution < 1.29 is 18.0 Å². The molecule has 4 nitrogen and oxygen atoms in total. The Balaban J connectivity index is 1.51. The first-order valence-corrected chi connectivity index (χ1v) is 10.3. The van der Waals surface area contributed by atoms with Gasteiger partial charge in [0, 0.05) is 5.92 Å². The van der Waals surface area contributed by atoms with Crippen molar-refractivity contribution in [2.75, 3.05) is 0 Å². The third-order valence-electron chi connectivity index (χ3n) is 6.49. The van der Waals surface area contributed by atoms with E-state index in [0.29, 0.717) is 16.9 Å². The number of rotatable bonds is 2. The molecule has 156 valence electrons. The fourth-order valence-electron chi connectivity index (χ4n) is 4.75. The Kier molecular flexibility index (Phi) is 4.38. The molecular weight excluding hydrogens is 391 g/mol. The molecule has 2 aliphatic rings. The monoisotopic (exact) mass is 413 g/mol. The van der Waals surface area contributed by atoms with Crippen LogP contribution in [0.5, 0.6) is 0 Å². The molecule has 1 fully saturated rings. The summed E-state index contributed by atoms with van der Waals surface area (Å²) in [4.78, 5) is 13.8. The number of aromatic amines is 1. The summed E-state index contributed by atoms with van der Waals surface area (Å²) >= 11 is 0. The van der Waals surface area contributed by atoms with Crippen LogP contribution in [0.3, 0.4) is 0 Å². The van der Waals surface area contributed by atoms with Gasteiger partial charge in [-0.1, -0.05) is 42.8 Å². The summed E-state index contributed by atoms with van der Waals surface area (Å²) in [5, 5.41) is 4.36. The summed E-state index contributed by atoms with van der Waals surface area (Å²) in [6.07, 6.45) is 1.05. The quantitative estimate of drug-likeness (QED) is 0.534. The molecule has 1 atom stereocenters. The van der Waals surface area contributed by atoms with Crippen LogP contribution in [-0.4, -0.2) is 21.3 Å². The third kappa shape index (κ3) is 3.07. The summed E-state index contributed by atoms with van der Waals surface area (Å²) in [6.45, 7) is 2.12. The number of aromatic nitrogens is 2. The maximum atomic E-state index is 13.4. The second kappa shape index (κ2) is 6.86. The molecule has 1 aliphatic heterocycles. The van der Waals surface area contributed by atoms with Crippen LogP contribution in [-0.2, 0) is 11.0 Å². The molecule has 30 heavy (non-hydrogen) atoms. The Hall–Kier alpha value is -2.83. The molecule has 1 spiro atoms. The van der Waals surface area contributed by atoms with Crippen molar-refractivity contribution in [2.24, 2.45) is 11.1 Å². The standard InChI is InChI=1S/C23H22F3N3O/c1-14-20(29-30-22(14)11-5-2-6-12-22)21-27-18-10-9-15(13-19(18)28-21)16-7-3-4-8-17(16)23(24,25)26/h3-4,7-10,13-14H,2,5-6,11-12H2,1H3,(H,27,28). The van der Waals surface area contributed by atoms with Gasteiger partial charge >= 0.3 is 6.18 Å². The van der Waals surface area contributed by atoms with Gasteiger partial charge in [-0.05, 0) is 55.0 Å². The van der Waals surface area contributed by atoms with Crippen LogP contribution in [0.2, 0.25) is 0 Å². The minimum absolute atomic E-state index is 0.115. The molecule has 3 aromatic rings. The Morgan fingerprint density at radius 3 is 2.60 bits per heavy atom. The molecule has 2 aromatic carbocycles. The van der Waals surface area contributed by atoms with Gasteiger partial charge in [-0.15, -0.1) is 0 Å². The number of hydrogen-bond donors (Lipinski definition) is 1. The van der Waals surface area contributed by atoms with Gasteiger partial charge in [0.15, 0.2) is 5.82 Å². The van der Waals surface area contributed by atoms with E-state index in [4.69, 9.17) is 4.84 Å². The zero-order valence-corrected chi connectivity index (χ0v) is 16.6. The van der Waals surface area contributed by atoms with Crippen molar-refractivity contribution in [1.29, 1.82) is 0 Å². The van der Waals surface area contributed by atoms with Crippen LogP contribution < -0.4 is 0 Å². The van der Waals surface area contributed by atoms with Crippen LogP contribution in [0.15, 0.2) is 47.6 Å². The lowest BCUT2D eigenvalue weighted by atomic mass is 9.75. The molecule has 0 bridgehead atoms. The predicted octanol–water partition coefficient (Wildman–Crippen LogP) is 6.32. The highest BCUT2D eigenvalue weighted by atomic mass is 19.4. The number of halogens is 3. The van der Waals surface area contributed by atoms with Gasteiger partial charge in [0.2, 0.25) is 0 Å². The number of fused-ring (bicyclic) bond motifs is 1. The van der Waals surface area contributed by atoms with Gasteiger partial charge < -0.3 is 9.82 Å². The highest BCUT2D eigenvalue weighted by Crippen LogP contribution is 2.43. The normalized spacial score (nSPS) is 21.1. The maximum Gasteiger partial charge on any atom is 0.417 e. The molecule has 1 aliphatic carbocycles. The minimum Gasteiger partial charge on any atom is -0.388 e. The number of nitrogens with zero attached hydrogens (tertiary/aromatic N) is 2. The summed E-state index contributed by atoms with van der Waals surface area (Å²) in [6, 6.07) is 10.8. The average molecular weight is 413 g/mol. The number of oxime groups is 1. The molecule has 5 rings (SSSR count). The summed E-state index contributed by atoms with van der Waals surface area (Å²) in [5.41, 5.74) is 1.88. The van der Waals surface area contributed by atoms with Gasteiger partial charge in [0.25, 0.3) is 0 Å². The van der Waals surface area contributed by atoms with E-state index in [9.17, 15) is 13.2 Å². The van der Waals surface area contributed by atoms with E-state index in [0.717, 1.165) is 43.0 Å². The summed E-state index contributed by atoms with van der Waals surface area (Å²) < 4.78 is 40.3. The SMILES string of the molecule is CC1C(c2nc3cc(-c4ccccc4C(F)(F)F)ccc3[nH]2)=NOC12CCCCC2. The Morgan fingerprint density at radius 1 is 1.07 bits per heavy atom. The number of nitrogens with one attached hydrogen (secondary N) is 1. The molecule has 0 saturated heterocycles. The van der Waals surface area contributed by atoms with Crippen molar-refractivity contribution in [3.8, 4) is 11.1 Å². The van der Waals surface area contributed by atoms with E-state index in [1.807, 2.05) is 0 Å². The van der Waals surface area contributed by atoms with Crippen molar-refractivity contribution in [3.05, 3.63) is 53.9 Å². The lowest BCUT2D eigenvalue weighted by molar-refractivity contribution is -0.137. The third-order valence-corrected chi connectivity index (χ3v) is 6.49. The zero-order valence-electron chi connectivity index (χ0n) is 16.6. The van der Waals surface area contributed by atoms with Gasteiger partial charge in [-0.25, -0.2) is 4.98 Å². The fourth-order valence-corrected chi connectivity index (χ4v) is 4.75. The lowest BCUT2D eigenvalue weighted by Gasteiger charge is -2.34. The van der Waals surface area contributed by atoms with Crippen molar-refractivity contribution in [2.45, 2.75) is 50.8 Å². The smallest absolute Gasteiger partial charge is 0.388 e. The Bertz CT molecular complexity index is 1130. The van der Waals surface area contributed by atoms with Gasteiger partial charge in [0.05, 0.1) is 16.6 Å². The van der Waals surface area contributed by atoms with Crippen LogP contribution in [0.1, 0.15) is 50.4 Å². The minimum atomic E-state index is -4.41. The number of benzene rings is 2. The second-order valence-electron chi connectivity index (χ2n) is 8.28. The lowest BCUT2D eigenvalue weighted by Crippen LogP contribution is -2.39. The maximum absolute atomic E-state index is 13.4. The van der Waals surface area contributed by atoms with Crippen LogP contribution >= 0.6 is 0 Å². The number of hydrogen-bond acceptors (Lipinski definition) is 3. The Labute approximate surface area is 172 Å². The molecule has 1 N–H and O–H groups in total.